The summed E-state index contributed by atoms with van der Waals surface area (Å²) in [5.74, 6) is 0. The third-order valence-corrected chi connectivity index (χ3v) is 6.55. The van der Waals surface area contributed by atoms with Crippen LogP contribution in [0, 0.1) is 6.92 Å². The van der Waals surface area contributed by atoms with Gasteiger partial charge < -0.3 is 9.88 Å². The summed E-state index contributed by atoms with van der Waals surface area (Å²) in [6, 6.07) is 11.3. The van der Waals surface area contributed by atoms with Crippen molar-refractivity contribution in [1.82, 2.24) is 4.57 Å². The number of hydrogen-bond donors (Lipinski definition) is 1. The van der Waals surface area contributed by atoms with E-state index in [0.717, 1.165) is 12.3 Å². The third kappa shape index (κ3) is 5.89. The Hall–Kier alpha value is -2.52. The zero-order chi connectivity index (χ0) is 24.6. The summed E-state index contributed by atoms with van der Waals surface area (Å²) in [6.07, 6.45) is -4.86. The van der Waals surface area contributed by atoms with Crippen LogP contribution in [0.2, 0.25) is 5.02 Å². The van der Waals surface area contributed by atoms with Crippen LogP contribution in [0.3, 0.4) is 0 Å². The van der Waals surface area contributed by atoms with Gasteiger partial charge in [-0.15, -0.1) is 0 Å². The number of nitrogens with one attached hydrogen (secondary N) is 1. The monoisotopic (exact) mass is 502 g/mol. The van der Waals surface area contributed by atoms with E-state index in [1.165, 1.54) is 35.8 Å². The van der Waals surface area contributed by atoms with E-state index < -0.39 is 27.7 Å². The molecule has 0 aliphatic rings. The lowest BCUT2D eigenvalue weighted by Gasteiger charge is -2.19. The van der Waals surface area contributed by atoms with Crippen LogP contribution in [0.1, 0.15) is 29.4 Å². The Morgan fingerprint density at radius 2 is 1.73 bits per heavy atom. The maximum atomic E-state index is 13.9. The lowest BCUT2D eigenvalue weighted by Crippen LogP contribution is -2.14. The molecule has 1 unspecified atom stereocenters. The fourth-order valence-corrected chi connectivity index (χ4v) is 4.43. The van der Waals surface area contributed by atoms with Crippen molar-refractivity contribution in [3.63, 3.8) is 0 Å². The number of halogens is 5. The zero-order valence-electron chi connectivity index (χ0n) is 18.2. The first-order chi connectivity index (χ1) is 15.3. The number of anilines is 1. The van der Waals surface area contributed by atoms with E-state index >= 15 is 0 Å². The molecule has 0 saturated heterocycles. The van der Waals surface area contributed by atoms with Crippen molar-refractivity contribution in [3.8, 4) is 5.69 Å². The predicted octanol–water partition coefficient (Wildman–Crippen LogP) is 6.37. The van der Waals surface area contributed by atoms with Gasteiger partial charge in [-0.2, -0.15) is 13.2 Å². The van der Waals surface area contributed by atoms with E-state index in [0.29, 0.717) is 22.6 Å². The molecule has 1 atom stereocenters. The molecule has 0 radical (unpaired) electrons. The highest BCUT2D eigenvalue weighted by Crippen LogP contribution is 2.37. The SMILES string of the molecule is Cc1c(CNc2ccc(S(C)(=O)=O)cc2)cc(CC(C)F)n1-c1ccc(Cl)cc1C(F)(F)F. The number of aromatic nitrogens is 1. The van der Waals surface area contributed by atoms with Gasteiger partial charge >= 0.3 is 6.18 Å². The van der Waals surface area contributed by atoms with Crippen molar-refractivity contribution in [3.05, 3.63) is 76.1 Å². The third-order valence-electron chi connectivity index (χ3n) is 5.19. The zero-order valence-corrected chi connectivity index (χ0v) is 19.7. The lowest BCUT2D eigenvalue weighted by molar-refractivity contribution is -0.137. The van der Waals surface area contributed by atoms with Gasteiger partial charge in [0.2, 0.25) is 0 Å². The van der Waals surface area contributed by atoms with Crippen LogP contribution in [-0.4, -0.2) is 25.4 Å². The van der Waals surface area contributed by atoms with Gasteiger partial charge in [0.05, 0.1) is 16.1 Å². The van der Waals surface area contributed by atoms with Gasteiger partial charge in [0.1, 0.15) is 6.17 Å². The molecule has 0 bridgehead atoms. The number of nitrogens with zero attached hydrogens (tertiary/aromatic N) is 1. The Labute approximate surface area is 195 Å². The summed E-state index contributed by atoms with van der Waals surface area (Å²) in [7, 11) is -3.33. The highest BCUT2D eigenvalue weighted by atomic mass is 35.5. The van der Waals surface area contributed by atoms with Gasteiger partial charge in [0, 0.05) is 41.3 Å². The van der Waals surface area contributed by atoms with E-state index in [1.54, 1.807) is 25.1 Å². The van der Waals surface area contributed by atoms with E-state index in [9.17, 15) is 26.0 Å². The molecule has 0 spiro atoms. The number of hydrogen-bond acceptors (Lipinski definition) is 3. The first kappa shape index (κ1) is 25.1. The Bertz CT molecular complexity index is 1250. The quantitative estimate of drug-likeness (QED) is 0.382. The number of sulfone groups is 1. The summed E-state index contributed by atoms with van der Waals surface area (Å²) >= 11 is 5.82. The Morgan fingerprint density at radius 1 is 1.09 bits per heavy atom. The van der Waals surface area contributed by atoms with Gasteiger partial charge in [0.15, 0.2) is 9.84 Å². The van der Waals surface area contributed by atoms with Crippen molar-refractivity contribution >= 4 is 27.1 Å². The molecule has 178 valence electrons. The normalized spacial score (nSPS) is 13.2. The van der Waals surface area contributed by atoms with Gasteiger partial charge in [-0.05, 0) is 67.9 Å². The minimum atomic E-state index is -4.64. The molecule has 1 N–H and O–H groups in total. The maximum Gasteiger partial charge on any atom is 0.418 e. The molecule has 0 aliphatic carbocycles. The van der Waals surface area contributed by atoms with Crippen molar-refractivity contribution < 1.29 is 26.0 Å². The molecule has 0 aliphatic heterocycles. The average Bonchev–Trinajstić information content (AvgIpc) is 2.99. The van der Waals surface area contributed by atoms with Gasteiger partial charge in [-0.1, -0.05) is 11.6 Å². The first-order valence-corrected chi connectivity index (χ1v) is 12.3. The highest BCUT2D eigenvalue weighted by Gasteiger charge is 2.35. The maximum absolute atomic E-state index is 13.9. The van der Waals surface area contributed by atoms with Gasteiger partial charge in [-0.3, -0.25) is 0 Å². The Morgan fingerprint density at radius 3 is 2.27 bits per heavy atom. The van der Waals surface area contributed by atoms with Crippen LogP contribution in [0.15, 0.2) is 53.4 Å². The van der Waals surface area contributed by atoms with Crippen molar-refractivity contribution in [2.45, 2.75) is 44.1 Å². The molecule has 1 heterocycles. The topological polar surface area (TPSA) is 51.1 Å². The van der Waals surface area contributed by atoms with Gasteiger partial charge in [-0.25, -0.2) is 12.8 Å². The number of benzene rings is 2. The molecule has 10 heteroatoms. The molecular weight excluding hydrogens is 480 g/mol. The molecule has 33 heavy (non-hydrogen) atoms. The summed E-state index contributed by atoms with van der Waals surface area (Å²) < 4.78 is 79.7. The Balaban J connectivity index is 2.00. The second-order valence-corrected chi connectivity index (χ2v) is 10.3. The molecule has 2 aromatic carbocycles. The average molecular weight is 503 g/mol. The van der Waals surface area contributed by atoms with Crippen molar-refractivity contribution in [2.75, 3.05) is 11.6 Å². The van der Waals surface area contributed by atoms with Crippen LogP contribution in [0.4, 0.5) is 23.2 Å². The van der Waals surface area contributed by atoms with Crippen LogP contribution in [-0.2, 0) is 29.0 Å². The molecule has 0 amide bonds. The van der Waals surface area contributed by atoms with E-state index in [4.69, 9.17) is 11.6 Å². The summed E-state index contributed by atoms with van der Waals surface area (Å²) in [6.45, 7) is 3.27. The summed E-state index contributed by atoms with van der Waals surface area (Å²) in [4.78, 5) is 0.178. The fourth-order valence-electron chi connectivity index (χ4n) is 3.63. The van der Waals surface area contributed by atoms with Crippen LogP contribution < -0.4 is 5.32 Å². The van der Waals surface area contributed by atoms with E-state index in [2.05, 4.69) is 5.32 Å². The van der Waals surface area contributed by atoms with E-state index in [1.807, 2.05) is 0 Å². The second-order valence-electron chi connectivity index (χ2n) is 7.88. The largest absolute Gasteiger partial charge is 0.418 e. The van der Waals surface area contributed by atoms with Crippen LogP contribution in [0.25, 0.3) is 5.69 Å². The minimum Gasteiger partial charge on any atom is -0.381 e. The first-order valence-electron chi connectivity index (χ1n) is 10.0. The van der Waals surface area contributed by atoms with E-state index in [-0.39, 0.29) is 28.6 Å². The van der Waals surface area contributed by atoms with Crippen LogP contribution in [0.5, 0.6) is 0 Å². The second kappa shape index (κ2) is 9.38. The molecule has 4 nitrogen and oxygen atoms in total. The minimum absolute atomic E-state index is 0.0456. The highest BCUT2D eigenvalue weighted by molar-refractivity contribution is 7.90. The number of alkyl halides is 4. The van der Waals surface area contributed by atoms with Crippen LogP contribution >= 0.6 is 11.6 Å². The molecule has 3 rings (SSSR count). The van der Waals surface area contributed by atoms with Gasteiger partial charge in [0.25, 0.3) is 0 Å². The fraction of sp³-hybridized carbons (Fsp3) is 0.304. The predicted molar refractivity (Wildman–Crippen MR) is 122 cm³/mol. The Kier molecular flexibility index (Phi) is 7.14. The van der Waals surface area contributed by atoms with Crippen molar-refractivity contribution in [1.29, 1.82) is 0 Å². The van der Waals surface area contributed by atoms with Crippen molar-refractivity contribution in [2.24, 2.45) is 0 Å². The molecule has 1 aromatic heterocycles. The molecule has 3 aromatic rings. The lowest BCUT2D eigenvalue weighted by atomic mass is 10.1. The molecule has 0 saturated carbocycles. The smallest absolute Gasteiger partial charge is 0.381 e. The summed E-state index contributed by atoms with van der Waals surface area (Å²) in [5, 5.41) is 3.09. The molecular formula is C23H23ClF4N2O2S. The number of rotatable bonds is 7. The molecule has 0 fully saturated rings. The standard InChI is InChI=1S/C23H23ClF4N2O2S/c1-14(25)10-19-11-16(13-29-18-5-7-20(8-6-18)33(3,31)32)15(2)30(19)22-9-4-17(24)12-21(22)23(26,27)28/h4-9,11-12,14,29H,10,13H2,1-3H3. The summed E-state index contributed by atoms with van der Waals surface area (Å²) in [5.41, 5.74) is 1.22.